The maximum atomic E-state index is 11.4. The van der Waals surface area contributed by atoms with E-state index >= 15 is 0 Å². The minimum Gasteiger partial charge on any atom is -0.444 e. The number of halogens is 1. The predicted octanol–water partition coefficient (Wildman–Crippen LogP) is 3.14. The van der Waals surface area contributed by atoms with Crippen molar-refractivity contribution in [2.75, 3.05) is 6.54 Å². The van der Waals surface area contributed by atoms with Crippen LogP contribution in [0.3, 0.4) is 0 Å². The molecule has 0 aliphatic heterocycles. The maximum absolute atomic E-state index is 11.4. The molecular weight excluding hydrogens is 278 g/mol. The summed E-state index contributed by atoms with van der Waals surface area (Å²) in [5.74, 6) is 0. The monoisotopic (exact) mass is 293 g/mol. The van der Waals surface area contributed by atoms with Gasteiger partial charge in [-0.25, -0.2) is 9.78 Å². The van der Waals surface area contributed by atoms with E-state index in [1.54, 1.807) is 39.0 Å². The highest BCUT2D eigenvalue weighted by Gasteiger charge is 2.14. The molecule has 1 aromatic rings. The lowest BCUT2D eigenvalue weighted by atomic mass is 10.2. The van der Waals surface area contributed by atoms with Crippen molar-refractivity contribution in [1.82, 2.24) is 10.3 Å². The number of rotatable bonds is 3. The summed E-state index contributed by atoms with van der Waals surface area (Å²) in [5.41, 5.74) is 0.521. The minimum atomic E-state index is -0.526. The molecule has 0 spiro atoms. The van der Waals surface area contributed by atoms with Crippen molar-refractivity contribution in [3.05, 3.63) is 34.6 Å². The number of ether oxygens (including phenoxy) is 1. The van der Waals surface area contributed by atoms with Crippen molar-refractivity contribution in [2.45, 2.75) is 26.4 Å². The van der Waals surface area contributed by atoms with Crippen LogP contribution < -0.4 is 5.32 Å². The topological polar surface area (TPSA) is 75.0 Å². The molecule has 20 heavy (non-hydrogen) atoms. The summed E-state index contributed by atoms with van der Waals surface area (Å²) in [5, 5.41) is 11.7. The molecule has 0 aliphatic carbocycles. The first kappa shape index (κ1) is 16.0. The molecule has 1 aromatic heterocycles. The summed E-state index contributed by atoms with van der Waals surface area (Å²) in [6.45, 7) is 5.67. The number of nitrogens with zero attached hydrogens (tertiary/aromatic N) is 2. The molecule has 1 N–H and O–H groups in total. The van der Waals surface area contributed by atoms with E-state index in [4.69, 9.17) is 21.6 Å². The molecule has 0 saturated carbocycles. The number of hydrogen-bond acceptors (Lipinski definition) is 4. The van der Waals surface area contributed by atoms with Gasteiger partial charge in [-0.1, -0.05) is 23.8 Å². The van der Waals surface area contributed by atoms with Crippen molar-refractivity contribution in [3.8, 4) is 6.07 Å². The Hall–Kier alpha value is -2.06. The second-order valence-corrected chi connectivity index (χ2v) is 5.36. The highest BCUT2D eigenvalue weighted by atomic mass is 35.5. The maximum Gasteiger partial charge on any atom is 0.407 e. The Balaban J connectivity index is 2.54. The Labute approximate surface area is 123 Å². The molecule has 1 heterocycles. The van der Waals surface area contributed by atoms with Gasteiger partial charge < -0.3 is 10.1 Å². The average molecular weight is 294 g/mol. The highest BCUT2D eigenvalue weighted by molar-refractivity contribution is 6.30. The van der Waals surface area contributed by atoms with Gasteiger partial charge in [-0.2, -0.15) is 5.26 Å². The van der Waals surface area contributed by atoms with Crippen LogP contribution in [0.1, 0.15) is 31.9 Å². The first-order valence-corrected chi connectivity index (χ1v) is 6.38. The molecule has 0 saturated heterocycles. The highest BCUT2D eigenvalue weighted by Crippen LogP contribution is 2.15. The van der Waals surface area contributed by atoms with Crippen molar-refractivity contribution < 1.29 is 9.53 Å². The third-order valence-corrected chi connectivity index (χ3v) is 2.37. The van der Waals surface area contributed by atoms with Gasteiger partial charge in [-0.15, -0.1) is 0 Å². The average Bonchev–Trinajstić information content (AvgIpc) is 2.34. The van der Waals surface area contributed by atoms with Gasteiger partial charge in [0.1, 0.15) is 16.8 Å². The molecule has 0 atom stereocenters. The molecule has 106 valence electrons. The van der Waals surface area contributed by atoms with Crippen LogP contribution in [0.2, 0.25) is 5.15 Å². The number of alkyl carbamates (subject to hydrolysis) is 1. The van der Waals surface area contributed by atoms with E-state index in [0.29, 0.717) is 22.8 Å². The molecule has 0 aliphatic rings. The lowest BCUT2D eigenvalue weighted by Crippen LogP contribution is -2.32. The van der Waals surface area contributed by atoms with Crippen LogP contribution in [0.5, 0.6) is 0 Å². The van der Waals surface area contributed by atoms with Gasteiger partial charge in [0.2, 0.25) is 0 Å². The summed E-state index contributed by atoms with van der Waals surface area (Å²) < 4.78 is 5.08. The Bertz CT molecular complexity index is 557. The second kappa shape index (κ2) is 6.92. The van der Waals surface area contributed by atoms with Gasteiger partial charge in [0, 0.05) is 18.3 Å². The first-order chi connectivity index (χ1) is 9.31. The lowest BCUT2D eigenvalue weighted by molar-refractivity contribution is 0.0534. The number of hydrogen-bond donors (Lipinski definition) is 1. The SMILES string of the molecule is CC(C)(C)OC(=O)NCC=Cc1cc(C#N)cnc1Cl. The van der Waals surface area contributed by atoms with E-state index in [-0.39, 0.29) is 0 Å². The van der Waals surface area contributed by atoms with E-state index in [1.165, 1.54) is 6.20 Å². The minimum absolute atomic E-state index is 0.294. The van der Waals surface area contributed by atoms with Crippen molar-refractivity contribution in [2.24, 2.45) is 0 Å². The molecule has 0 radical (unpaired) electrons. The molecule has 0 aromatic carbocycles. The van der Waals surface area contributed by atoms with E-state index in [1.807, 2.05) is 6.07 Å². The van der Waals surface area contributed by atoms with Crippen LogP contribution in [0, 0.1) is 11.3 Å². The molecule has 6 heteroatoms. The Morgan fingerprint density at radius 1 is 1.60 bits per heavy atom. The van der Waals surface area contributed by atoms with Gasteiger partial charge in [0.05, 0.1) is 5.56 Å². The third-order valence-electron chi connectivity index (χ3n) is 2.06. The Kier molecular flexibility index (Phi) is 5.53. The lowest BCUT2D eigenvalue weighted by Gasteiger charge is -2.19. The first-order valence-electron chi connectivity index (χ1n) is 6.01. The van der Waals surface area contributed by atoms with Gasteiger partial charge in [-0.05, 0) is 26.8 Å². The molecule has 1 rings (SSSR count). The van der Waals surface area contributed by atoms with Gasteiger partial charge >= 0.3 is 6.09 Å². The summed E-state index contributed by atoms with van der Waals surface area (Å²) in [7, 11) is 0. The van der Waals surface area contributed by atoms with Gasteiger partial charge in [0.25, 0.3) is 0 Å². The molecule has 0 unspecified atom stereocenters. The summed E-state index contributed by atoms with van der Waals surface area (Å²) in [4.78, 5) is 15.3. The Morgan fingerprint density at radius 2 is 2.30 bits per heavy atom. The number of amides is 1. The zero-order valence-corrected chi connectivity index (χ0v) is 12.4. The molecule has 0 bridgehead atoms. The van der Waals surface area contributed by atoms with Crippen LogP contribution in [-0.2, 0) is 4.74 Å². The van der Waals surface area contributed by atoms with Crippen LogP contribution in [0.25, 0.3) is 6.08 Å². The molecule has 5 nitrogen and oxygen atoms in total. The predicted molar refractivity (Wildman–Crippen MR) is 77.2 cm³/mol. The number of nitrogens with one attached hydrogen (secondary N) is 1. The van der Waals surface area contributed by atoms with Crippen LogP contribution in [0.4, 0.5) is 4.79 Å². The van der Waals surface area contributed by atoms with Gasteiger partial charge in [0.15, 0.2) is 0 Å². The summed E-state index contributed by atoms with van der Waals surface area (Å²) >= 11 is 5.90. The fourth-order valence-corrected chi connectivity index (χ4v) is 1.45. The zero-order valence-electron chi connectivity index (χ0n) is 11.6. The number of carbonyl (C=O) groups is 1. The fraction of sp³-hybridized carbons (Fsp3) is 0.357. The Morgan fingerprint density at radius 3 is 2.90 bits per heavy atom. The van der Waals surface area contributed by atoms with E-state index < -0.39 is 11.7 Å². The second-order valence-electron chi connectivity index (χ2n) is 5.00. The summed E-state index contributed by atoms with van der Waals surface area (Å²) in [6, 6.07) is 3.61. The van der Waals surface area contributed by atoms with E-state index in [0.717, 1.165) is 0 Å². The summed E-state index contributed by atoms with van der Waals surface area (Å²) in [6.07, 6.45) is 4.30. The standard InChI is InChI=1S/C14H16ClN3O2/c1-14(2,3)20-13(19)17-6-4-5-11-7-10(8-16)9-18-12(11)15/h4-5,7,9H,6H2,1-3H3,(H,17,19). The molecular formula is C14H16ClN3O2. The third kappa shape index (κ3) is 5.72. The van der Waals surface area contributed by atoms with Gasteiger partial charge in [-0.3, -0.25) is 0 Å². The fourth-order valence-electron chi connectivity index (χ4n) is 1.29. The van der Waals surface area contributed by atoms with Crippen molar-refractivity contribution >= 4 is 23.8 Å². The van der Waals surface area contributed by atoms with Crippen molar-refractivity contribution in [3.63, 3.8) is 0 Å². The van der Waals surface area contributed by atoms with E-state index in [2.05, 4.69) is 10.3 Å². The van der Waals surface area contributed by atoms with E-state index in [9.17, 15) is 4.79 Å². The number of aromatic nitrogens is 1. The number of nitriles is 1. The molecule has 1 amide bonds. The molecule has 0 fully saturated rings. The largest absolute Gasteiger partial charge is 0.444 e. The zero-order chi connectivity index (χ0) is 15.2. The normalized spacial score (nSPS) is 11.2. The van der Waals surface area contributed by atoms with Crippen LogP contribution in [-0.4, -0.2) is 23.2 Å². The number of pyridine rings is 1. The van der Waals surface area contributed by atoms with Crippen LogP contribution in [0.15, 0.2) is 18.3 Å². The quantitative estimate of drug-likeness (QED) is 0.869. The van der Waals surface area contributed by atoms with Crippen molar-refractivity contribution in [1.29, 1.82) is 5.26 Å². The number of carbonyl (C=O) groups excluding carboxylic acids is 1. The smallest absolute Gasteiger partial charge is 0.407 e. The van der Waals surface area contributed by atoms with Crippen LogP contribution >= 0.6 is 11.6 Å².